The largest absolute Gasteiger partial charge is 0.384 e. The summed E-state index contributed by atoms with van der Waals surface area (Å²) in [5, 5.41) is 13.4. The summed E-state index contributed by atoms with van der Waals surface area (Å²) in [6, 6.07) is 5.99. The normalized spacial score (nSPS) is 19.9. The molecule has 1 aromatic carbocycles. The summed E-state index contributed by atoms with van der Waals surface area (Å²) in [6.45, 7) is 1.38. The second-order valence-corrected chi connectivity index (χ2v) is 8.66. The van der Waals surface area contributed by atoms with Crippen LogP contribution in [-0.2, 0) is 4.79 Å². The van der Waals surface area contributed by atoms with Gasteiger partial charge in [0.2, 0.25) is 5.91 Å². The number of hydrogen-bond donors (Lipinski definition) is 5. The minimum atomic E-state index is -0.587. The third-order valence-corrected chi connectivity index (χ3v) is 6.18. The van der Waals surface area contributed by atoms with Gasteiger partial charge in [-0.3, -0.25) is 15.0 Å². The maximum absolute atomic E-state index is 12.7. The van der Waals surface area contributed by atoms with Crippen LogP contribution in [0.15, 0.2) is 24.3 Å². The molecule has 7 nitrogen and oxygen atoms in total. The number of benzene rings is 1. The molecule has 0 bridgehead atoms. The molecular weight excluding hydrogens is 386 g/mol. The average Bonchev–Trinajstić information content (AvgIpc) is 2.75. The molecular formula is C21H33N5O2S. The number of carbonyl (C=O) groups excluding carboxylic acids is 2. The molecule has 1 fully saturated rings. The summed E-state index contributed by atoms with van der Waals surface area (Å²) in [4.78, 5) is 25.4. The number of thioether (sulfide) groups is 1. The molecule has 0 spiro atoms. The van der Waals surface area contributed by atoms with Crippen LogP contribution >= 0.6 is 11.8 Å². The molecule has 1 atom stereocenters. The standard InChI is InChI=1S/C21H33N5O2S/c1-29-10-9-18(21(28)25-13-15-7-5-14(12-22)6-8-15)26-20(27)17-4-2-3-16(11-17)19(23)24/h2-4,11,14-15,18H,5-10,12-13,22H2,1H3,(H3,23,24)(H,25,28)(H,26,27)/t14?,15?,18-/m0/s1. The molecule has 1 saturated carbocycles. The first-order chi connectivity index (χ1) is 13.9. The van der Waals surface area contributed by atoms with Gasteiger partial charge in [-0.2, -0.15) is 11.8 Å². The Morgan fingerprint density at radius 2 is 1.86 bits per heavy atom. The predicted molar refractivity (Wildman–Crippen MR) is 119 cm³/mol. The van der Waals surface area contributed by atoms with Crippen LogP contribution in [0.25, 0.3) is 0 Å². The molecule has 0 aliphatic heterocycles. The van der Waals surface area contributed by atoms with E-state index in [0.717, 1.165) is 38.0 Å². The number of nitrogens with one attached hydrogen (secondary N) is 3. The number of nitrogen functional groups attached to an aromatic ring is 1. The molecule has 7 N–H and O–H groups in total. The monoisotopic (exact) mass is 419 g/mol. The Kier molecular flexibility index (Phi) is 9.47. The van der Waals surface area contributed by atoms with Gasteiger partial charge in [-0.05, 0) is 74.6 Å². The van der Waals surface area contributed by atoms with E-state index < -0.39 is 6.04 Å². The van der Waals surface area contributed by atoms with E-state index in [9.17, 15) is 9.59 Å². The molecule has 8 heteroatoms. The van der Waals surface area contributed by atoms with Crippen molar-refractivity contribution >= 4 is 29.4 Å². The third-order valence-electron chi connectivity index (χ3n) is 5.53. The van der Waals surface area contributed by atoms with E-state index in [1.165, 1.54) is 0 Å². The molecule has 1 aliphatic rings. The van der Waals surface area contributed by atoms with E-state index in [4.69, 9.17) is 16.9 Å². The highest BCUT2D eigenvalue weighted by molar-refractivity contribution is 7.98. The fraction of sp³-hybridized carbons (Fsp3) is 0.571. The third kappa shape index (κ3) is 7.36. The van der Waals surface area contributed by atoms with Gasteiger partial charge in [0.15, 0.2) is 0 Å². The molecule has 160 valence electrons. The van der Waals surface area contributed by atoms with Gasteiger partial charge < -0.3 is 22.1 Å². The van der Waals surface area contributed by atoms with Crippen molar-refractivity contribution in [3.05, 3.63) is 35.4 Å². The second-order valence-electron chi connectivity index (χ2n) is 7.67. The van der Waals surface area contributed by atoms with Gasteiger partial charge in [-0.1, -0.05) is 12.1 Å². The lowest BCUT2D eigenvalue weighted by Crippen LogP contribution is -2.48. The Hall–Kier alpha value is -2.06. The van der Waals surface area contributed by atoms with E-state index in [-0.39, 0.29) is 17.6 Å². The number of rotatable bonds is 10. The first-order valence-electron chi connectivity index (χ1n) is 10.2. The first-order valence-corrected chi connectivity index (χ1v) is 11.6. The molecule has 0 heterocycles. The summed E-state index contributed by atoms with van der Waals surface area (Å²) in [5.41, 5.74) is 12.1. The van der Waals surface area contributed by atoms with E-state index in [2.05, 4.69) is 10.6 Å². The minimum absolute atomic E-state index is 0.0966. The summed E-state index contributed by atoms with van der Waals surface area (Å²) in [5.74, 6) is 1.29. The maximum atomic E-state index is 12.7. The van der Waals surface area contributed by atoms with Crippen molar-refractivity contribution in [1.82, 2.24) is 10.6 Å². The molecule has 0 unspecified atom stereocenters. The number of amides is 2. The summed E-state index contributed by atoms with van der Waals surface area (Å²) < 4.78 is 0. The van der Waals surface area contributed by atoms with Gasteiger partial charge in [-0.15, -0.1) is 0 Å². The molecule has 2 amide bonds. The Labute approximate surface area is 177 Å². The fourth-order valence-electron chi connectivity index (χ4n) is 3.61. The first kappa shape index (κ1) is 23.2. The molecule has 0 radical (unpaired) electrons. The molecule has 0 saturated heterocycles. The number of nitrogens with two attached hydrogens (primary N) is 2. The molecule has 0 aromatic heterocycles. The summed E-state index contributed by atoms with van der Waals surface area (Å²) in [6.07, 6.45) is 6.95. The van der Waals surface area contributed by atoms with Crippen molar-refractivity contribution in [2.45, 2.75) is 38.1 Å². The summed E-state index contributed by atoms with van der Waals surface area (Å²) in [7, 11) is 0. The minimum Gasteiger partial charge on any atom is -0.384 e. The lowest BCUT2D eigenvalue weighted by molar-refractivity contribution is -0.123. The van der Waals surface area contributed by atoms with Gasteiger partial charge in [0.1, 0.15) is 11.9 Å². The van der Waals surface area contributed by atoms with Gasteiger partial charge in [0, 0.05) is 17.7 Å². The number of carbonyl (C=O) groups is 2. The van der Waals surface area contributed by atoms with Crippen LogP contribution in [0.1, 0.15) is 48.0 Å². The number of amidine groups is 1. The zero-order valence-corrected chi connectivity index (χ0v) is 17.9. The van der Waals surface area contributed by atoms with Crippen LogP contribution in [0.4, 0.5) is 0 Å². The lowest BCUT2D eigenvalue weighted by atomic mass is 9.82. The van der Waals surface area contributed by atoms with Gasteiger partial charge >= 0.3 is 0 Å². The SMILES string of the molecule is CSCC[C@H](NC(=O)c1cccc(C(=N)N)c1)C(=O)NCC1CCC(CN)CC1. The fourth-order valence-corrected chi connectivity index (χ4v) is 4.08. The van der Waals surface area contributed by atoms with Gasteiger partial charge in [0.05, 0.1) is 0 Å². The Balaban J connectivity index is 1.93. The van der Waals surface area contributed by atoms with Gasteiger partial charge in [-0.25, -0.2) is 0 Å². The van der Waals surface area contributed by atoms with E-state index in [1.807, 2.05) is 6.26 Å². The number of hydrogen-bond acceptors (Lipinski definition) is 5. The van der Waals surface area contributed by atoms with Crippen LogP contribution in [0.5, 0.6) is 0 Å². The zero-order valence-electron chi connectivity index (χ0n) is 17.1. The molecule has 1 aliphatic carbocycles. The van der Waals surface area contributed by atoms with Crippen molar-refractivity contribution in [3.63, 3.8) is 0 Å². The van der Waals surface area contributed by atoms with Crippen LogP contribution in [0.3, 0.4) is 0 Å². The highest BCUT2D eigenvalue weighted by Gasteiger charge is 2.24. The van der Waals surface area contributed by atoms with E-state index >= 15 is 0 Å². The highest BCUT2D eigenvalue weighted by Crippen LogP contribution is 2.27. The van der Waals surface area contributed by atoms with Crippen molar-refractivity contribution in [1.29, 1.82) is 5.41 Å². The van der Waals surface area contributed by atoms with E-state index in [1.54, 1.807) is 36.0 Å². The second kappa shape index (κ2) is 11.8. The average molecular weight is 420 g/mol. The van der Waals surface area contributed by atoms with Gasteiger partial charge in [0.25, 0.3) is 5.91 Å². The van der Waals surface area contributed by atoms with Crippen LogP contribution < -0.4 is 22.1 Å². The highest BCUT2D eigenvalue weighted by atomic mass is 32.2. The van der Waals surface area contributed by atoms with Crippen molar-refractivity contribution in [2.24, 2.45) is 23.3 Å². The van der Waals surface area contributed by atoms with E-state index in [0.29, 0.717) is 35.9 Å². The lowest BCUT2D eigenvalue weighted by Gasteiger charge is -2.28. The molecule has 1 aromatic rings. The van der Waals surface area contributed by atoms with Crippen molar-refractivity contribution in [2.75, 3.05) is 25.1 Å². The topological polar surface area (TPSA) is 134 Å². The van der Waals surface area contributed by atoms with Crippen LogP contribution in [0.2, 0.25) is 0 Å². The van der Waals surface area contributed by atoms with Crippen LogP contribution in [0, 0.1) is 17.2 Å². The summed E-state index contributed by atoms with van der Waals surface area (Å²) >= 11 is 1.64. The Morgan fingerprint density at radius 3 is 2.48 bits per heavy atom. The Bertz CT molecular complexity index is 704. The zero-order chi connectivity index (χ0) is 21.2. The molecule has 2 rings (SSSR count). The van der Waals surface area contributed by atoms with Crippen molar-refractivity contribution in [3.8, 4) is 0 Å². The Morgan fingerprint density at radius 1 is 1.21 bits per heavy atom. The quantitative estimate of drug-likeness (QED) is 0.291. The van der Waals surface area contributed by atoms with Crippen LogP contribution in [-0.4, -0.2) is 48.8 Å². The van der Waals surface area contributed by atoms with Crippen molar-refractivity contribution < 1.29 is 9.59 Å². The predicted octanol–water partition coefficient (Wildman–Crippen LogP) is 1.70. The smallest absolute Gasteiger partial charge is 0.251 e. The molecule has 29 heavy (non-hydrogen) atoms. The maximum Gasteiger partial charge on any atom is 0.251 e.